The van der Waals surface area contributed by atoms with Crippen LogP contribution in [-0.2, 0) is 23.8 Å². The Morgan fingerprint density at radius 1 is 1.30 bits per heavy atom. The van der Waals surface area contributed by atoms with Gasteiger partial charge in [-0.3, -0.25) is 4.18 Å². The molecule has 0 spiro atoms. The number of hydrogen-bond acceptors (Lipinski definition) is 5. The maximum Gasteiger partial charge on any atom is 0.523 e. The van der Waals surface area contributed by atoms with Crippen LogP contribution in [0, 0.1) is 5.92 Å². The van der Waals surface area contributed by atoms with Crippen LogP contribution in [-0.4, -0.2) is 38.0 Å². The van der Waals surface area contributed by atoms with Gasteiger partial charge in [0.2, 0.25) is 0 Å². The SMILES string of the molecule is C=C[C@H]1C[C@H](OS(=O)(=O)C(F)(F)F)[C@H]2OC(C)(C)O[C@@H]21. The highest BCUT2D eigenvalue weighted by molar-refractivity contribution is 7.87. The van der Waals surface area contributed by atoms with Crippen LogP contribution < -0.4 is 0 Å². The molecule has 0 N–H and O–H groups in total. The van der Waals surface area contributed by atoms with Crippen LogP contribution in [0.25, 0.3) is 0 Å². The first-order valence-electron chi connectivity index (χ1n) is 5.94. The van der Waals surface area contributed by atoms with Gasteiger partial charge in [0, 0.05) is 5.92 Å². The Bertz CT molecular complexity index is 499. The Hall–Kier alpha value is -0.640. The van der Waals surface area contributed by atoms with Crippen LogP contribution in [0.5, 0.6) is 0 Å². The van der Waals surface area contributed by atoms with E-state index in [9.17, 15) is 21.6 Å². The fraction of sp³-hybridized carbons (Fsp3) is 0.818. The van der Waals surface area contributed by atoms with E-state index in [1.54, 1.807) is 13.8 Å². The van der Waals surface area contributed by atoms with E-state index in [4.69, 9.17) is 9.47 Å². The first kappa shape index (κ1) is 15.7. The Morgan fingerprint density at radius 2 is 1.85 bits per heavy atom. The highest BCUT2D eigenvalue weighted by atomic mass is 32.2. The van der Waals surface area contributed by atoms with Crippen molar-refractivity contribution in [1.82, 2.24) is 0 Å². The van der Waals surface area contributed by atoms with Crippen LogP contribution >= 0.6 is 0 Å². The molecule has 0 bridgehead atoms. The molecule has 0 aromatic heterocycles. The molecule has 2 rings (SSSR count). The number of hydrogen-bond donors (Lipinski definition) is 0. The fourth-order valence-corrected chi connectivity index (χ4v) is 3.14. The molecular weight excluding hydrogens is 301 g/mol. The molecule has 4 atom stereocenters. The summed E-state index contributed by atoms with van der Waals surface area (Å²) in [6, 6.07) is 0. The van der Waals surface area contributed by atoms with E-state index in [0.29, 0.717) is 0 Å². The normalized spacial score (nSPS) is 36.9. The van der Waals surface area contributed by atoms with Gasteiger partial charge in [0.1, 0.15) is 12.2 Å². The predicted octanol–water partition coefficient (Wildman–Crippen LogP) is 1.95. The van der Waals surface area contributed by atoms with E-state index in [-0.39, 0.29) is 12.3 Å². The van der Waals surface area contributed by atoms with Gasteiger partial charge in [0.05, 0.1) is 6.10 Å². The first-order chi connectivity index (χ1) is 8.97. The Morgan fingerprint density at radius 3 is 2.35 bits per heavy atom. The molecule has 1 aliphatic heterocycles. The molecule has 0 aromatic rings. The average Bonchev–Trinajstić information content (AvgIpc) is 2.71. The molecule has 5 nitrogen and oxygen atoms in total. The van der Waals surface area contributed by atoms with Crippen molar-refractivity contribution in [3.8, 4) is 0 Å². The molecule has 2 aliphatic rings. The van der Waals surface area contributed by atoms with E-state index < -0.39 is 39.7 Å². The van der Waals surface area contributed by atoms with Crippen molar-refractivity contribution in [2.45, 2.75) is 49.9 Å². The standard InChI is InChI=1S/C11H15F3O5S/c1-4-6-5-7(19-20(15,16)11(12,13)14)9-8(6)17-10(2,3)18-9/h4,6-9H,1,5H2,2-3H3/t6-,7-,8+,9+/m0/s1. The second kappa shape index (κ2) is 4.69. The summed E-state index contributed by atoms with van der Waals surface area (Å²) >= 11 is 0. The summed E-state index contributed by atoms with van der Waals surface area (Å²) in [6.07, 6.45) is -1.12. The smallest absolute Gasteiger partial charge is 0.344 e. The lowest BCUT2D eigenvalue weighted by molar-refractivity contribution is -0.163. The number of fused-ring (bicyclic) bond motifs is 1. The van der Waals surface area contributed by atoms with Gasteiger partial charge in [0.25, 0.3) is 0 Å². The van der Waals surface area contributed by atoms with Gasteiger partial charge >= 0.3 is 15.6 Å². The second-order valence-corrected chi connectivity index (χ2v) is 6.80. The zero-order valence-electron chi connectivity index (χ0n) is 10.9. The van der Waals surface area contributed by atoms with Crippen LogP contribution in [0.15, 0.2) is 12.7 Å². The van der Waals surface area contributed by atoms with Crippen molar-refractivity contribution in [1.29, 1.82) is 0 Å². The van der Waals surface area contributed by atoms with Crippen LogP contribution in [0.3, 0.4) is 0 Å². The van der Waals surface area contributed by atoms with Crippen LogP contribution in [0.1, 0.15) is 20.3 Å². The molecule has 116 valence electrons. The highest BCUT2D eigenvalue weighted by Gasteiger charge is 2.57. The molecule has 2 fully saturated rings. The second-order valence-electron chi connectivity index (χ2n) is 5.23. The molecule has 0 aromatic carbocycles. The summed E-state index contributed by atoms with van der Waals surface area (Å²) in [5, 5.41) is 0. The van der Waals surface area contributed by atoms with Gasteiger partial charge in [0.15, 0.2) is 5.79 Å². The molecule has 1 saturated carbocycles. The number of ether oxygens (including phenoxy) is 2. The summed E-state index contributed by atoms with van der Waals surface area (Å²) in [7, 11) is -5.66. The van der Waals surface area contributed by atoms with Crippen molar-refractivity contribution in [3.63, 3.8) is 0 Å². The van der Waals surface area contributed by atoms with Crippen LogP contribution in [0.2, 0.25) is 0 Å². The van der Waals surface area contributed by atoms with E-state index in [1.165, 1.54) is 6.08 Å². The van der Waals surface area contributed by atoms with Crippen molar-refractivity contribution in [2.24, 2.45) is 5.92 Å². The molecule has 0 amide bonds. The largest absolute Gasteiger partial charge is 0.523 e. The molecule has 0 radical (unpaired) electrons. The summed E-state index contributed by atoms with van der Waals surface area (Å²) in [5.74, 6) is -1.32. The lowest BCUT2D eigenvalue weighted by Crippen LogP contribution is -2.36. The molecule has 9 heteroatoms. The van der Waals surface area contributed by atoms with Gasteiger partial charge in [-0.2, -0.15) is 21.6 Å². The fourth-order valence-electron chi connectivity index (χ4n) is 2.51. The molecule has 1 saturated heterocycles. The van der Waals surface area contributed by atoms with Crippen molar-refractivity contribution < 1.29 is 35.2 Å². The third-order valence-electron chi connectivity index (χ3n) is 3.29. The minimum absolute atomic E-state index is 0.0459. The third kappa shape index (κ3) is 2.72. The molecule has 1 heterocycles. The highest BCUT2D eigenvalue weighted by Crippen LogP contribution is 2.44. The Balaban J connectivity index is 2.20. The quantitative estimate of drug-likeness (QED) is 0.452. The Kier molecular flexibility index (Phi) is 3.69. The van der Waals surface area contributed by atoms with E-state index in [0.717, 1.165) is 0 Å². The first-order valence-corrected chi connectivity index (χ1v) is 7.35. The van der Waals surface area contributed by atoms with Gasteiger partial charge < -0.3 is 9.47 Å². The lowest BCUT2D eigenvalue weighted by atomic mass is 10.1. The molecule has 20 heavy (non-hydrogen) atoms. The average molecular weight is 316 g/mol. The summed E-state index contributed by atoms with van der Waals surface area (Å²) in [4.78, 5) is 0. The monoisotopic (exact) mass is 316 g/mol. The number of alkyl halides is 3. The zero-order chi connectivity index (χ0) is 15.3. The van der Waals surface area contributed by atoms with Crippen molar-refractivity contribution >= 4 is 10.1 Å². The summed E-state index contributed by atoms with van der Waals surface area (Å²) in [5.41, 5.74) is -5.45. The van der Waals surface area contributed by atoms with Crippen molar-refractivity contribution in [2.75, 3.05) is 0 Å². The summed E-state index contributed by atoms with van der Waals surface area (Å²) in [6.45, 7) is 6.76. The lowest BCUT2D eigenvalue weighted by Gasteiger charge is -2.22. The minimum atomic E-state index is -5.66. The van der Waals surface area contributed by atoms with E-state index >= 15 is 0 Å². The zero-order valence-corrected chi connectivity index (χ0v) is 11.7. The maximum absolute atomic E-state index is 12.4. The van der Waals surface area contributed by atoms with Gasteiger partial charge in [-0.15, -0.1) is 6.58 Å². The number of halogens is 3. The predicted molar refractivity (Wildman–Crippen MR) is 62.0 cm³/mol. The topological polar surface area (TPSA) is 61.8 Å². The van der Waals surface area contributed by atoms with Gasteiger partial charge in [-0.25, -0.2) is 0 Å². The van der Waals surface area contributed by atoms with E-state index in [1.807, 2.05) is 0 Å². The van der Waals surface area contributed by atoms with Gasteiger partial charge in [-0.1, -0.05) is 6.08 Å². The van der Waals surface area contributed by atoms with E-state index in [2.05, 4.69) is 10.8 Å². The summed E-state index contributed by atoms with van der Waals surface area (Å²) < 4.78 is 74.5. The minimum Gasteiger partial charge on any atom is -0.344 e. The molecule has 0 unspecified atom stereocenters. The van der Waals surface area contributed by atoms with Crippen LogP contribution in [0.4, 0.5) is 13.2 Å². The Labute approximate surface area is 114 Å². The van der Waals surface area contributed by atoms with Crippen molar-refractivity contribution in [3.05, 3.63) is 12.7 Å². The third-order valence-corrected chi connectivity index (χ3v) is 4.36. The molecular formula is C11H15F3O5S. The molecule has 1 aliphatic carbocycles. The van der Waals surface area contributed by atoms with Gasteiger partial charge in [-0.05, 0) is 20.3 Å². The maximum atomic E-state index is 12.4. The number of rotatable bonds is 3.